The molecule has 0 bridgehead atoms. The third-order valence-corrected chi connectivity index (χ3v) is 3.44. The van der Waals surface area contributed by atoms with E-state index in [0.717, 1.165) is 0 Å². The first-order chi connectivity index (χ1) is 9.35. The second-order valence-electron chi connectivity index (χ2n) is 4.83. The number of nitrogens with two attached hydrogens (primary N) is 1. The minimum atomic E-state index is -0.726. The summed E-state index contributed by atoms with van der Waals surface area (Å²) in [5.41, 5.74) is 5.77. The Bertz CT molecular complexity index is 450. The number of nitrogen functional groups attached to an aromatic ring is 1. The molecule has 20 heavy (non-hydrogen) atoms. The average molecular weight is 302 g/mol. The van der Waals surface area contributed by atoms with Gasteiger partial charge in [0.2, 0.25) is 0 Å². The number of anilines is 2. The Morgan fingerprint density at radius 1 is 1.60 bits per heavy atom. The highest BCUT2D eigenvalue weighted by Gasteiger charge is 2.21. The van der Waals surface area contributed by atoms with Crippen molar-refractivity contribution in [2.45, 2.75) is 26.0 Å². The zero-order valence-electron chi connectivity index (χ0n) is 12.2. The summed E-state index contributed by atoms with van der Waals surface area (Å²) in [6.07, 6.45) is -0.726. The molecule has 1 amide bonds. The fourth-order valence-electron chi connectivity index (χ4n) is 1.61. The van der Waals surface area contributed by atoms with Crippen LogP contribution in [0.25, 0.3) is 0 Å². The van der Waals surface area contributed by atoms with Gasteiger partial charge in [-0.3, -0.25) is 4.79 Å². The van der Waals surface area contributed by atoms with Crippen LogP contribution >= 0.6 is 11.3 Å². The summed E-state index contributed by atoms with van der Waals surface area (Å²) in [4.78, 5) is 18.1. The Morgan fingerprint density at radius 2 is 2.25 bits per heavy atom. The van der Waals surface area contributed by atoms with E-state index in [1.807, 2.05) is 13.8 Å². The van der Waals surface area contributed by atoms with Gasteiger partial charge in [-0.2, -0.15) is 0 Å². The highest BCUT2D eigenvalue weighted by molar-refractivity contribution is 7.18. The second-order valence-corrected chi connectivity index (χ2v) is 5.83. The molecular formula is C12H22N4O3S. The number of rotatable bonds is 7. The smallest absolute Gasteiger partial charge is 0.267 e. The van der Waals surface area contributed by atoms with Gasteiger partial charge in [-0.05, 0) is 13.8 Å². The van der Waals surface area contributed by atoms with Gasteiger partial charge in [0.25, 0.3) is 5.91 Å². The van der Waals surface area contributed by atoms with E-state index >= 15 is 0 Å². The lowest BCUT2D eigenvalue weighted by molar-refractivity contribution is 0.0382. The maximum absolute atomic E-state index is 12.2. The molecular weight excluding hydrogens is 280 g/mol. The lowest BCUT2D eigenvalue weighted by atomic mass is 10.3. The van der Waals surface area contributed by atoms with Crippen molar-refractivity contribution >= 4 is 28.2 Å². The van der Waals surface area contributed by atoms with Crippen LogP contribution in [0.4, 0.5) is 10.9 Å². The molecule has 0 spiro atoms. The first kappa shape index (κ1) is 16.7. The number of amides is 1. The molecule has 0 aromatic carbocycles. The lowest BCUT2D eigenvalue weighted by Gasteiger charge is -2.19. The summed E-state index contributed by atoms with van der Waals surface area (Å²) in [5.74, 6) is -0.0526. The van der Waals surface area contributed by atoms with Gasteiger partial charge in [-0.15, -0.1) is 0 Å². The molecule has 0 aliphatic rings. The second kappa shape index (κ2) is 7.41. The van der Waals surface area contributed by atoms with Crippen LogP contribution in [0.3, 0.4) is 0 Å². The average Bonchev–Trinajstić information content (AvgIpc) is 2.68. The number of carbonyl (C=O) groups excluding carboxylic acids is 1. The van der Waals surface area contributed by atoms with Crippen molar-refractivity contribution in [3.8, 4) is 0 Å². The van der Waals surface area contributed by atoms with Crippen molar-refractivity contribution in [1.29, 1.82) is 0 Å². The van der Waals surface area contributed by atoms with Crippen LogP contribution in [0, 0.1) is 0 Å². The minimum absolute atomic E-state index is 0.177. The topological polar surface area (TPSA) is 101 Å². The number of likely N-dealkylation sites (N-methyl/N-ethyl adjacent to an activating group) is 1. The number of nitrogens with zero attached hydrogens (tertiary/aromatic N) is 2. The van der Waals surface area contributed by atoms with Gasteiger partial charge < -0.3 is 25.8 Å². The maximum atomic E-state index is 12.2. The van der Waals surface area contributed by atoms with Crippen LogP contribution in [0.2, 0.25) is 0 Å². The van der Waals surface area contributed by atoms with Crippen LogP contribution in [-0.4, -0.2) is 60.4 Å². The monoisotopic (exact) mass is 302 g/mol. The summed E-state index contributed by atoms with van der Waals surface area (Å²) < 4.78 is 4.83. The Kier molecular flexibility index (Phi) is 6.18. The Balaban J connectivity index is 2.73. The van der Waals surface area contributed by atoms with Crippen molar-refractivity contribution in [3.63, 3.8) is 0 Å². The quantitative estimate of drug-likeness (QED) is 0.683. The van der Waals surface area contributed by atoms with E-state index in [9.17, 15) is 9.90 Å². The van der Waals surface area contributed by atoms with Gasteiger partial charge in [0.05, 0.1) is 12.7 Å². The van der Waals surface area contributed by atoms with E-state index < -0.39 is 6.10 Å². The molecule has 4 N–H and O–H groups in total. The molecule has 1 aromatic heterocycles. The number of carbonyl (C=O) groups is 1. The number of aliphatic hydroxyl groups is 1. The van der Waals surface area contributed by atoms with Crippen LogP contribution in [0.5, 0.6) is 0 Å². The van der Waals surface area contributed by atoms with Crippen molar-refractivity contribution in [1.82, 2.24) is 9.88 Å². The number of nitrogens with one attached hydrogen (secondary N) is 1. The number of ether oxygens (including phenoxy) is 1. The Labute approximate surface area is 122 Å². The SMILES string of the molecule is COCC(O)CN(C)C(=O)c1sc(NC(C)C)nc1N. The molecule has 0 aliphatic heterocycles. The summed E-state index contributed by atoms with van der Waals surface area (Å²) in [7, 11) is 3.10. The number of hydrogen-bond acceptors (Lipinski definition) is 7. The highest BCUT2D eigenvalue weighted by Crippen LogP contribution is 2.26. The van der Waals surface area contributed by atoms with E-state index in [4.69, 9.17) is 10.5 Å². The Hall–Kier alpha value is -1.38. The van der Waals surface area contributed by atoms with Gasteiger partial charge in [-0.25, -0.2) is 4.98 Å². The van der Waals surface area contributed by atoms with Crippen molar-refractivity contribution in [2.24, 2.45) is 0 Å². The molecule has 0 saturated carbocycles. The zero-order chi connectivity index (χ0) is 15.3. The normalized spacial score (nSPS) is 12.5. The number of aromatic nitrogens is 1. The molecule has 1 unspecified atom stereocenters. The molecule has 0 fully saturated rings. The minimum Gasteiger partial charge on any atom is -0.389 e. The van der Waals surface area contributed by atoms with E-state index in [2.05, 4.69) is 10.3 Å². The molecule has 8 heteroatoms. The molecule has 0 radical (unpaired) electrons. The summed E-state index contributed by atoms with van der Waals surface area (Å²) in [6, 6.07) is 0.213. The van der Waals surface area contributed by atoms with Gasteiger partial charge >= 0.3 is 0 Å². The van der Waals surface area contributed by atoms with Crippen LogP contribution in [-0.2, 0) is 4.74 Å². The van der Waals surface area contributed by atoms with E-state index in [1.54, 1.807) is 7.05 Å². The highest BCUT2D eigenvalue weighted by atomic mass is 32.1. The number of aliphatic hydroxyl groups excluding tert-OH is 1. The van der Waals surface area contributed by atoms with E-state index in [-0.39, 0.29) is 30.9 Å². The molecule has 114 valence electrons. The number of hydrogen-bond donors (Lipinski definition) is 3. The predicted octanol–water partition coefficient (Wildman–Crippen LogP) is 0.625. The van der Waals surface area contributed by atoms with Gasteiger partial charge in [0, 0.05) is 26.7 Å². The van der Waals surface area contributed by atoms with Crippen LogP contribution in [0.1, 0.15) is 23.5 Å². The molecule has 7 nitrogen and oxygen atoms in total. The van der Waals surface area contributed by atoms with Gasteiger partial charge in [0.15, 0.2) is 5.13 Å². The fraction of sp³-hybridized carbons (Fsp3) is 0.667. The third kappa shape index (κ3) is 4.62. The van der Waals surface area contributed by atoms with E-state index in [1.165, 1.54) is 23.3 Å². The molecule has 0 saturated heterocycles. The molecule has 0 aliphatic carbocycles. The zero-order valence-corrected chi connectivity index (χ0v) is 13.0. The van der Waals surface area contributed by atoms with Crippen LogP contribution < -0.4 is 11.1 Å². The largest absolute Gasteiger partial charge is 0.389 e. The van der Waals surface area contributed by atoms with Gasteiger partial charge in [0.1, 0.15) is 10.7 Å². The first-order valence-corrected chi connectivity index (χ1v) is 7.12. The summed E-state index contributed by atoms with van der Waals surface area (Å²) >= 11 is 1.21. The molecule has 1 aromatic rings. The van der Waals surface area contributed by atoms with Crippen molar-refractivity contribution < 1.29 is 14.6 Å². The maximum Gasteiger partial charge on any atom is 0.267 e. The summed E-state index contributed by atoms with van der Waals surface area (Å²) in [5, 5.41) is 13.4. The van der Waals surface area contributed by atoms with Gasteiger partial charge in [-0.1, -0.05) is 11.3 Å². The summed E-state index contributed by atoms with van der Waals surface area (Å²) in [6.45, 7) is 4.31. The first-order valence-electron chi connectivity index (χ1n) is 6.30. The molecule has 1 heterocycles. The molecule has 1 atom stereocenters. The fourth-order valence-corrected chi connectivity index (χ4v) is 2.64. The van der Waals surface area contributed by atoms with Crippen molar-refractivity contribution in [2.75, 3.05) is 38.4 Å². The number of methoxy groups -OCH3 is 1. The van der Waals surface area contributed by atoms with Crippen LogP contribution in [0.15, 0.2) is 0 Å². The lowest BCUT2D eigenvalue weighted by Crippen LogP contribution is -2.36. The van der Waals surface area contributed by atoms with E-state index in [0.29, 0.717) is 10.0 Å². The van der Waals surface area contributed by atoms with Crippen molar-refractivity contribution in [3.05, 3.63) is 4.88 Å². The Morgan fingerprint density at radius 3 is 2.80 bits per heavy atom. The standard InChI is InChI=1S/C12H22N4O3S/c1-7(2)14-12-15-10(13)9(20-12)11(18)16(3)5-8(17)6-19-4/h7-8,17H,5-6,13H2,1-4H3,(H,14,15). The predicted molar refractivity (Wildman–Crippen MR) is 80.1 cm³/mol. The number of thiazole rings is 1. The third-order valence-electron chi connectivity index (χ3n) is 2.45. The molecule has 1 rings (SSSR count).